The van der Waals surface area contributed by atoms with Gasteiger partial charge in [0.1, 0.15) is 0 Å². The molecule has 0 atom stereocenters. The molecule has 0 aromatic heterocycles. The van der Waals surface area contributed by atoms with Crippen molar-refractivity contribution < 1.29 is 14.8 Å². The zero-order chi connectivity index (χ0) is 25.5. The number of unbranched alkanes of at least 4 members (excludes halogenated alkanes) is 8. The first-order valence-corrected chi connectivity index (χ1v) is 12.7. The summed E-state index contributed by atoms with van der Waals surface area (Å²) in [6, 6.07) is 11.3. The number of nitro groups is 1. The number of benzene rings is 2. The van der Waals surface area contributed by atoms with Gasteiger partial charge in [-0.1, -0.05) is 65.2 Å². The van der Waals surface area contributed by atoms with E-state index in [1.54, 1.807) is 0 Å². The van der Waals surface area contributed by atoms with Crippen LogP contribution in [0.25, 0.3) is 0 Å². The number of aromatic carboxylic acids is 1. The van der Waals surface area contributed by atoms with Crippen LogP contribution >= 0.6 is 0 Å². The second-order valence-corrected chi connectivity index (χ2v) is 8.80. The zero-order valence-corrected chi connectivity index (χ0v) is 21.0. The highest BCUT2D eigenvalue weighted by molar-refractivity contribution is 5.89. The van der Waals surface area contributed by atoms with Gasteiger partial charge in [-0.25, -0.2) is 4.79 Å². The lowest BCUT2D eigenvalue weighted by Crippen LogP contribution is -2.25. The van der Waals surface area contributed by atoms with Crippen molar-refractivity contribution in [3.8, 4) is 0 Å². The standard InChI is InChI=1S/C27H38N4O4/c1-3-5-7-9-11-19-30(20-12-10-8-6-4-2)24-16-14-23(15-17-24)28-29-25-18-13-22(27(32)33)21-26(25)31(34)35/h13-18,21H,3-12,19-20H2,1-2H3,(H,32,33). The summed E-state index contributed by atoms with van der Waals surface area (Å²) in [5.74, 6) is -1.23. The molecule has 0 aliphatic rings. The number of rotatable bonds is 17. The molecule has 8 nitrogen and oxygen atoms in total. The number of azo groups is 1. The van der Waals surface area contributed by atoms with Crippen LogP contribution in [0.15, 0.2) is 52.7 Å². The van der Waals surface area contributed by atoms with E-state index in [-0.39, 0.29) is 16.9 Å². The molecule has 0 saturated carbocycles. The average Bonchev–Trinajstić information content (AvgIpc) is 2.86. The van der Waals surface area contributed by atoms with Gasteiger partial charge in [0.2, 0.25) is 0 Å². The van der Waals surface area contributed by atoms with E-state index in [4.69, 9.17) is 5.11 Å². The molecule has 2 rings (SSSR count). The third kappa shape index (κ3) is 9.84. The van der Waals surface area contributed by atoms with Gasteiger partial charge >= 0.3 is 5.97 Å². The summed E-state index contributed by atoms with van der Waals surface area (Å²) >= 11 is 0. The minimum Gasteiger partial charge on any atom is -0.478 e. The van der Waals surface area contributed by atoms with Gasteiger partial charge in [-0.3, -0.25) is 10.1 Å². The predicted octanol–water partition coefficient (Wildman–Crippen LogP) is 8.46. The molecule has 35 heavy (non-hydrogen) atoms. The molecule has 0 saturated heterocycles. The molecule has 0 unspecified atom stereocenters. The summed E-state index contributed by atoms with van der Waals surface area (Å²) in [7, 11) is 0. The second-order valence-electron chi connectivity index (χ2n) is 8.80. The Morgan fingerprint density at radius 3 is 1.94 bits per heavy atom. The number of nitro benzene ring substituents is 1. The Kier molecular flexibility index (Phi) is 12.4. The van der Waals surface area contributed by atoms with E-state index in [0.29, 0.717) is 5.69 Å². The SMILES string of the molecule is CCCCCCCN(CCCCCCC)c1ccc(N=Nc2ccc(C(=O)O)cc2[N+](=O)[O-])cc1. The molecule has 2 aromatic carbocycles. The first-order valence-electron chi connectivity index (χ1n) is 12.7. The topological polar surface area (TPSA) is 108 Å². The largest absolute Gasteiger partial charge is 0.478 e. The Morgan fingerprint density at radius 2 is 1.43 bits per heavy atom. The van der Waals surface area contributed by atoms with Gasteiger partial charge in [0, 0.05) is 24.8 Å². The summed E-state index contributed by atoms with van der Waals surface area (Å²) in [6.45, 7) is 6.51. The summed E-state index contributed by atoms with van der Waals surface area (Å²) in [5, 5.41) is 28.5. The number of nitrogens with zero attached hydrogens (tertiary/aromatic N) is 4. The van der Waals surface area contributed by atoms with E-state index in [2.05, 4.69) is 29.0 Å². The minimum atomic E-state index is -1.23. The van der Waals surface area contributed by atoms with Gasteiger partial charge in [-0.05, 0) is 49.2 Å². The highest BCUT2D eigenvalue weighted by Crippen LogP contribution is 2.30. The van der Waals surface area contributed by atoms with E-state index >= 15 is 0 Å². The van der Waals surface area contributed by atoms with E-state index < -0.39 is 10.9 Å². The molecule has 190 valence electrons. The van der Waals surface area contributed by atoms with Crippen molar-refractivity contribution in [3.63, 3.8) is 0 Å². The quantitative estimate of drug-likeness (QED) is 0.105. The van der Waals surface area contributed by atoms with Crippen LogP contribution in [0.4, 0.5) is 22.7 Å². The molecule has 0 spiro atoms. The monoisotopic (exact) mass is 482 g/mol. The fourth-order valence-corrected chi connectivity index (χ4v) is 3.91. The van der Waals surface area contributed by atoms with Crippen molar-refractivity contribution in [2.75, 3.05) is 18.0 Å². The first-order chi connectivity index (χ1) is 17.0. The highest BCUT2D eigenvalue weighted by Gasteiger charge is 2.17. The Labute approximate surface area is 208 Å². The van der Waals surface area contributed by atoms with Crippen LogP contribution in [0.2, 0.25) is 0 Å². The number of carboxylic acids is 1. The van der Waals surface area contributed by atoms with Crippen molar-refractivity contribution in [3.05, 3.63) is 58.1 Å². The Balaban J connectivity index is 2.08. The number of hydrogen-bond acceptors (Lipinski definition) is 6. The number of carboxylic acid groups (broad SMARTS) is 1. The smallest absolute Gasteiger partial charge is 0.335 e. The summed E-state index contributed by atoms with van der Waals surface area (Å²) in [6.07, 6.45) is 12.4. The fraction of sp³-hybridized carbons (Fsp3) is 0.519. The third-order valence-corrected chi connectivity index (χ3v) is 5.97. The van der Waals surface area contributed by atoms with Crippen molar-refractivity contribution in [1.29, 1.82) is 0 Å². The number of carbonyl (C=O) groups is 1. The molecular weight excluding hydrogens is 444 g/mol. The van der Waals surface area contributed by atoms with Gasteiger partial charge in [-0.2, -0.15) is 5.11 Å². The molecule has 1 N–H and O–H groups in total. The predicted molar refractivity (Wildman–Crippen MR) is 140 cm³/mol. The van der Waals surface area contributed by atoms with Crippen LogP contribution in [0.1, 0.15) is 88.4 Å². The van der Waals surface area contributed by atoms with Crippen LogP contribution in [0.3, 0.4) is 0 Å². The lowest BCUT2D eigenvalue weighted by Gasteiger charge is -2.25. The lowest BCUT2D eigenvalue weighted by atomic mass is 10.1. The van der Waals surface area contributed by atoms with E-state index in [1.165, 1.54) is 76.3 Å². The molecule has 8 heteroatoms. The van der Waals surface area contributed by atoms with Crippen LogP contribution in [0, 0.1) is 10.1 Å². The molecule has 0 aliphatic carbocycles. The maximum atomic E-state index is 11.3. The molecule has 0 radical (unpaired) electrons. The lowest BCUT2D eigenvalue weighted by molar-refractivity contribution is -0.384. The summed E-state index contributed by atoms with van der Waals surface area (Å²) in [4.78, 5) is 24.2. The maximum absolute atomic E-state index is 11.3. The van der Waals surface area contributed by atoms with Crippen molar-refractivity contribution in [1.82, 2.24) is 0 Å². The van der Waals surface area contributed by atoms with E-state index in [0.717, 1.165) is 24.8 Å². The van der Waals surface area contributed by atoms with Gasteiger partial charge in [0.05, 0.1) is 16.2 Å². The summed E-state index contributed by atoms with van der Waals surface area (Å²) in [5.41, 5.74) is 1.19. The van der Waals surface area contributed by atoms with E-state index in [9.17, 15) is 14.9 Å². The molecule has 0 bridgehead atoms. The number of anilines is 1. The third-order valence-electron chi connectivity index (χ3n) is 5.97. The fourth-order valence-electron chi connectivity index (χ4n) is 3.91. The normalized spacial score (nSPS) is 11.1. The van der Waals surface area contributed by atoms with Crippen LogP contribution in [0.5, 0.6) is 0 Å². The van der Waals surface area contributed by atoms with Crippen LogP contribution in [-0.4, -0.2) is 29.1 Å². The van der Waals surface area contributed by atoms with Crippen LogP contribution < -0.4 is 4.90 Å². The molecule has 0 heterocycles. The molecule has 0 fully saturated rings. The van der Waals surface area contributed by atoms with Crippen molar-refractivity contribution >= 4 is 28.7 Å². The summed E-state index contributed by atoms with van der Waals surface area (Å²) < 4.78 is 0. The van der Waals surface area contributed by atoms with Crippen molar-refractivity contribution in [2.45, 2.75) is 78.1 Å². The Morgan fingerprint density at radius 1 is 0.857 bits per heavy atom. The first kappa shape index (κ1) is 28.0. The number of hydrogen-bond donors (Lipinski definition) is 1. The molecule has 0 aliphatic heterocycles. The molecule has 2 aromatic rings. The maximum Gasteiger partial charge on any atom is 0.335 e. The Bertz CT molecular complexity index is 946. The van der Waals surface area contributed by atoms with Crippen molar-refractivity contribution in [2.24, 2.45) is 10.2 Å². The highest BCUT2D eigenvalue weighted by atomic mass is 16.6. The second kappa shape index (κ2) is 15.6. The molecular formula is C27H38N4O4. The van der Waals surface area contributed by atoms with Gasteiger partial charge < -0.3 is 10.0 Å². The van der Waals surface area contributed by atoms with Gasteiger partial charge in [0.15, 0.2) is 5.69 Å². The molecule has 0 amide bonds. The van der Waals surface area contributed by atoms with Gasteiger partial charge in [-0.15, -0.1) is 5.11 Å². The minimum absolute atomic E-state index is 0.0184. The average molecular weight is 483 g/mol. The van der Waals surface area contributed by atoms with Crippen LogP contribution in [-0.2, 0) is 0 Å². The zero-order valence-electron chi connectivity index (χ0n) is 21.0. The van der Waals surface area contributed by atoms with E-state index in [1.807, 2.05) is 24.3 Å². The van der Waals surface area contributed by atoms with Gasteiger partial charge in [0.25, 0.3) is 5.69 Å². The Hall–Kier alpha value is -3.29.